The van der Waals surface area contributed by atoms with Crippen LogP contribution < -0.4 is 5.73 Å². The van der Waals surface area contributed by atoms with Crippen molar-refractivity contribution < 1.29 is 0 Å². The number of rotatable bonds is 1. The Labute approximate surface area is 93.6 Å². The van der Waals surface area contributed by atoms with Crippen LogP contribution in [-0.4, -0.2) is 0 Å². The minimum Gasteiger partial charge on any atom is -0.321 e. The van der Waals surface area contributed by atoms with Gasteiger partial charge in [0.25, 0.3) is 0 Å². The van der Waals surface area contributed by atoms with Crippen LogP contribution in [0.25, 0.3) is 0 Å². The molecular formula is C9H10Cl3N. The van der Waals surface area contributed by atoms with Crippen molar-refractivity contribution in [3.8, 4) is 0 Å². The summed E-state index contributed by atoms with van der Waals surface area (Å²) in [4.78, 5) is 0. The molecule has 1 nitrogen and oxygen atoms in total. The molecule has 2 rings (SSSR count). The highest BCUT2D eigenvalue weighted by molar-refractivity contribution is 6.34. The molecule has 0 aliphatic heterocycles. The molecule has 0 atom stereocenters. The minimum atomic E-state index is -0.144. The summed E-state index contributed by atoms with van der Waals surface area (Å²) in [5.41, 5.74) is 6.90. The van der Waals surface area contributed by atoms with Gasteiger partial charge < -0.3 is 5.73 Å². The number of nitrogens with two attached hydrogens (primary N) is 1. The maximum Gasteiger partial charge on any atom is 0.0424 e. The largest absolute Gasteiger partial charge is 0.321 e. The van der Waals surface area contributed by atoms with E-state index in [4.69, 9.17) is 28.9 Å². The van der Waals surface area contributed by atoms with Crippen LogP contribution in [0.1, 0.15) is 18.4 Å². The number of halogens is 3. The van der Waals surface area contributed by atoms with Gasteiger partial charge in [-0.15, -0.1) is 12.4 Å². The number of benzene rings is 1. The standard InChI is InChI=1S/C9H9Cl2N.ClH/c10-7-3-6(4-8(11)5-7)9(12)1-2-9;/h3-5H,1-2,12H2;1H. The summed E-state index contributed by atoms with van der Waals surface area (Å²) in [6, 6.07) is 5.50. The second-order valence-corrected chi connectivity index (χ2v) is 4.19. The van der Waals surface area contributed by atoms with Crippen LogP contribution in [0.5, 0.6) is 0 Å². The first-order valence-corrected chi connectivity index (χ1v) is 4.61. The molecule has 1 aliphatic rings. The van der Waals surface area contributed by atoms with Crippen LogP contribution >= 0.6 is 35.6 Å². The van der Waals surface area contributed by atoms with Gasteiger partial charge in [-0.3, -0.25) is 0 Å². The maximum atomic E-state index is 5.99. The summed E-state index contributed by atoms with van der Waals surface area (Å²) in [5, 5.41) is 1.32. The molecule has 0 saturated heterocycles. The van der Waals surface area contributed by atoms with Gasteiger partial charge in [-0.25, -0.2) is 0 Å². The molecule has 2 N–H and O–H groups in total. The molecular weight excluding hydrogens is 228 g/mol. The Morgan fingerprint density at radius 1 is 1.08 bits per heavy atom. The van der Waals surface area contributed by atoms with Gasteiger partial charge in [-0.05, 0) is 36.6 Å². The number of hydrogen-bond donors (Lipinski definition) is 1. The van der Waals surface area contributed by atoms with E-state index in [0.717, 1.165) is 18.4 Å². The van der Waals surface area contributed by atoms with E-state index >= 15 is 0 Å². The van der Waals surface area contributed by atoms with Crippen molar-refractivity contribution in [2.45, 2.75) is 18.4 Å². The number of hydrogen-bond acceptors (Lipinski definition) is 1. The second-order valence-electron chi connectivity index (χ2n) is 3.31. The zero-order valence-corrected chi connectivity index (χ0v) is 9.22. The fourth-order valence-corrected chi connectivity index (χ4v) is 1.79. The average molecular weight is 239 g/mol. The van der Waals surface area contributed by atoms with Gasteiger partial charge in [0.15, 0.2) is 0 Å². The fourth-order valence-electron chi connectivity index (χ4n) is 1.26. The average Bonchev–Trinajstić information content (AvgIpc) is 2.67. The normalized spacial score (nSPS) is 17.8. The van der Waals surface area contributed by atoms with Gasteiger partial charge in [0.1, 0.15) is 0 Å². The quantitative estimate of drug-likeness (QED) is 0.798. The van der Waals surface area contributed by atoms with Crippen molar-refractivity contribution in [1.29, 1.82) is 0 Å². The fraction of sp³-hybridized carbons (Fsp3) is 0.333. The van der Waals surface area contributed by atoms with Gasteiger partial charge in [0, 0.05) is 15.6 Å². The molecule has 1 aliphatic carbocycles. The van der Waals surface area contributed by atoms with E-state index in [2.05, 4.69) is 0 Å². The van der Waals surface area contributed by atoms with Crippen LogP contribution in [0.15, 0.2) is 18.2 Å². The highest BCUT2D eigenvalue weighted by Gasteiger charge is 2.40. The molecule has 0 amide bonds. The van der Waals surface area contributed by atoms with E-state index in [1.807, 2.05) is 12.1 Å². The molecule has 0 spiro atoms. The van der Waals surface area contributed by atoms with Gasteiger partial charge in [0.05, 0.1) is 0 Å². The van der Waals surface area contributed by atoms with Gasteiger partial charge >= 0.3 is 0 Å². The van der Waals surface area contributed by atoms with E-state index in [9.17, 15) is 0 Å². The lowest BCUT2D eigenvalue weighted by molar-refractivity contribution is 0.740. The summed E-state index contributed by atoms with van der Waals surface area (Å²) >= 11 is 11.7. The maximum absolute atomic E-state index is 5.99. The predicted molar refractivity (Wildman–Crippen MR) is 58.8 cm³/mol. The Morgan fingerprint density at radius 2 is 1.54 bits per heavy atom. The van der Waals surface area contributed by atoms with Crippen molar-refractivity contribution in [1.82, 2.24) is 0 Å². The summed E-state index contributed by atoms with van der Waals surface area (Å²) in [6.45, 7) is 0. The van der Waals surface area contributed by atoms with E-state index in [1.165, 1.54) is 0 Å². The molecule has 72 valence electrons. The van der Waals surface area contributed by atoms with Gasteiger partial charge in [-0.2, -0.15) is 0 Å². The zero-order chi connectivity index (χ0) is 8.77. The smallest absolute Gasteiger partial charge is 0.0424 e. The molecule has 0 heterocycles. The van der Waals surface area contributed by atoms with Gasteiger partial charge in [0.2, 0.25) is 0 Å². The molecule has 0 bridgehead atoms. The first kappa shape index (κ1) is 11.1. The first-order valence-electron chi connectivity index (χ1n) is 3.86. The van der Waals surface area contributed by atoms with Crippen LogP contribution in [0, 0.1) is 0 Å². The van der Waals surface area contributed by atoms with E-state index in [1.54, 1.807) is 6.07 Å². The summed E-state index contributed by atoms with van der Waals surface area (Å²) in [6.07, 6.45) is 2.06. The monoisotopic (exact) mass is 237 g/mol. The van der Waals surface area contributed by atoms with Crippen molar-refractivity contribution in [3.05, 3.63) is 33.8 Å². The molecule has 0 aromatic heterocycles. The third-order valence-electron chi connectivity index (χ3n) is 2.23. The highest BCUT2D eigenvalue weighted by atomic mass is 35.5. The Balaban J connectivity index is 0.000000845. The van der Waals surface area contributed by atoms with Crippen molar-refractivity contribution >= 4 is 35.6 Å². The lowest BCUT2D eigenvalue weighted by Gasteiger charge is -2.09. The Kier molecular flexibility index (Phi) is 3.13. The zero-order valence-electron chi connectivity index (χ0n) is 6.89. The molecule has 0 unspecified atom stereocenters. The van der Waals surface area contributed by atoms with E-state index in [-0.39, 0.29) is 17.9 Å². The molecule has 1 aromatic carbocycles. The topological polar surface area (TPSA) is 26.0 Å². The summed E-state index contributed by atoms with van der Waals surface area (Å²) in [5.74, 6) is 0. The van der Waals surface area contributed by atoms with Crippen LogP contribution in [0.2, 0.25) is 10.0 Å². The van der Waals surface area contributed by atoms with Crippen LogP contribution in [0.3, 0.4) is 0 Å². The lowest BCUT2D eigenvalue weighted by atomic mass is 10.1. The second kappa shape index (κ2) is 3.66. The summed E-state index contributed by atoms with van der Waals surface area (Å²) < 4.78 is 0. The highest BCUT2D eigenvalue weighted by Crippen LogP contribution is 2.43. The molecule has 1 saturated carbocycles. The van der Waals surface area contributed by atoms with Crippen LogP contribution in [-0.2, 0) is 5.54 Å². The predicted octanol–water partition coefficient (Wildman–Crippen LogP) is 3.36. The third kappa shape index (κ3) is 2.29. The van der Waals surface area contributed by atoms with E-state index in [0.29, 0.717) is 10.0 Å². The van der Waals surface area contributed by atoms with Gasteiger partial charge in [-0.1, -0.05) is 23.2 Å². The Bertz CT molecular complexity index is 300. The van der Waals surface area contributed by atoms with Crippen molar-refractivity contribution in [2.75, 3.05) is 0 Å². The molecule has 4 heteroatoms. The van der Waals surface area contributed by atoms with Crippen LogP contribution in [0.4, 0.5) is 0 Å². The Hall–Kier alpha value is 0.0500. The Morgan fingerprint density at radius 3 is 1.92 bits per heavy atom. The molecule has 0 radical (unpaired) electrons. The summed E-state index contributed by atoms with van der Waals surface area (Å²) in [7, 11) is 0. The SMILES string of the molecule is Cl.NC1(c2cc(Cl)cc(Cl)c2)CC1. The van der Waals surface area contributed by atoms with Crippen molar-refractivity contribution in [3.63, 3.8) is 0 Å². The van der Waals surface area contributed by atoms with E-state index < -0.39 is 0 Å². The minimum absolute atomic E-state index is 0. The third-order valence-corrected chi connectivity index (χ3v) is 2.66. The molecule has 1 fully saturated rings. The lowest BCUT2D eigenvalue weighted by Crippen LogP contribution is -2.18. The first-order chi connectivity index (χ1) is 5.60. The molecule has 13 heavy (non-hydrogen) atoms. The molecule has 1 aromatic rings. The van der Waals surface area contributed by atoms with Crippen molar-refractivity contribution in [2.24, 2.45) is 5.73 Å².